The average Bonchev–Trinajstić information content (AvgIpc) is 2.90. The molecule has 19 heavy (non-hydrogen) atoms. The highest BCUT2D eigenvalue weighted by Crippen LogP contribution is 2.37. The summed E-state index contributed by atoms with van der Waals surface area (Å²) in [6, 6.07) is 5.22. The lowest BCUT2D eigenvalue weighted by molar-refractivity contribution is 0.0563. The number of thioether (sulfide) groups is 1. The second-order valence-corrected chi connectivity index (χ2v) is 5.25. The van der Waals surface area contributed by atoms with Crippen molar-refractivity contribution in [2.75, 3.05) is 12.8 Å². The van der Waals surface area contributed by atoms with Gasteiger partial charge in [0, 0.05) is 11.1 Å². The molecule has 0 aliphatic carbocycles. The number of anilines is 1. The van der Waals surface area contributed by atoms with Crippen molar-refractivity contribution in [1.29, 1.82) is 0 Å². The molecule has 0 saturated carbocycles. The maximum atomic E-state index is 11.3. The number of aromatic nitrogens is 1. The zero-order chi connectivity index (χ0) is 13.8. The number of hydrogen-bond acceptors (Lipinski definition) is 6. The van der Waals surface area contributed by atoms with Gasteiger partial charge < -0.3 is 14.9 Å². The van der Waals surface area contributed by atoms with Gasteiger partial charge >= 0.3 is 5.97 Å². The molecule has 6 heteroatoms. The largest absolute Gasteiger partial charge is 0.463 e. The summed E-state index contributed by atoms with van der Waals surface area (Å²) in [6.07, 6.45) is 3.30. The Morgan fingerprint density at radius 2 is 2.26 bits per heavy atom. The Labute approximate surface area is 115 Å². The van der Waals surface area contributed by atoms with E-state index in [9.17, 15) is 4.79 Å². The molecular formula is C13H14N2O3S. The molecular weight excluding hydrogens is 264 g/mol. The van der Waals surface area contributed by atoms with Crippen LogP contribution < -0.4 is 5.73 Å². The van der Waals surface area contributed by atoms with Gasteiger partial charge in [0.1, 0.15) is 5.76 Å². The first-order chi connectivity index (χ1) is 9.11. The van der Waals surface area contributed by atoms with Crippen LogP contribution in [0.4, 0.5) is 5.69 Å². The van der Waals surface area contributed by atoms with Gasteiger partial charge in [-0.15, -0.1) is 11.8 Å². The highest BCUT2D eigenvalue weighted by Gasteiger charge is 2.16. The van der Waals surface area contributed by atoms with Gasteiger partial charge in [-0.1, -0.05) is 0 Å². The lowest BCUT2D eigenvalue weighted by atomic mass is 10.3. The Morgan fingerprint density at radius 3 is 2.95 bits per heavy atom. The number of rotatable bonds is 4. The van der Waals surface area contributed by atoms with E-state index in [4.69, 9.17) is 10.2 Å². The number of methoxy groups -OCH3 is 1. The van der Waals surface area contributed by atoms with Crippen molar-refractivity contribution in [3.63, 3.8) is 0 Å². The van der Waals surface area contributed by atoms with E-state index in [1.165, 1.54) is 7.11 Å². The lowest BCUT2D eigenvalue weighted by Gasteiger charge is -2.09. The van der Waals surface area contributed by atoms with Gasteiger partial charge in [-0.25, -0.2) is 4.79 Å². The first-order valence-corrected chi connectivity index (χ1v) is 6.54. The van der Waals surface area contributed by atoms with Crippen LogP contribution >= 0.6 is 11.8 Å². The van der Waals surface area contributed by atoms with Crippen molar-refractivity contribution in [2.45, 2.75) is 17.1 Å². The normalized spacial score (nSPS) is 12.1. The molecule has 2 heterocycles. The van der Waals surface area contributed by atoms with Crippen LogP contribution in [-0.2, 0) is 4.74 Å². The zero-order valence-electron chi connectivity index (χ0n) is 10.6. The molecule has 0 aromatic carbocycles. The monoisotopic (exact) mass is 278 g/mol. The Bertz CT molecular complexity index is 583. The minimum Gasteiger partial charge on any atom is -0.463 e. The Kier molecular flexibility index (Phi) is 4.11. The number of carbonyl (C=O) groups is 1. The summed E-state index contributed by atoms with van der Waals surface area (Å²) in [7, 11) is 1.32. The minimum atomic E-state index is -0.480. The first kappa shape index (κ1) is 13.5. The van der Waals surface area contributed by atoms with E-state index in [0.717, 1.165) is 4.90 Å². The molecule has 0 amide bonds. The highest BCUT2D eigenvalue weighted by molar-refractivity contribution is 7.99. The summed E-state index contributed by atoms with van der Waals surface area (Å²) in [5.41, 5.74) is 6.46. The van der Waals surface area contributed by atoms with Crippen LogP contribution in [0.5, 0.6) is 0 Å². The molecule has 2 N–H and O–H groups in total. The number of furan rings is 1. The van der Waals surface area contributed by atoms with Gasteiger partial charge in [-0.3, -0.25) is 4.98 Å². The van der Waals surface area contributed by atoms with E-state index in [2.05, 4.69) is 9.72 Å². The molecule has 5 nitrogen and oxygen atoms in total. The summed E-state index contributed by atoms with van der Waals surface area (Å²) in [4.78, 5) is 16.2. The van der Waals surface area contributed by atoms with E-state index in [1.54, 1.807) is 36.3 Å². The quantitative estimate of drug-likeness (QED) is 0.684. The third kappa shape index (κ3) is 3.08. The molecule has 2 rings (SSSR count). The van der Waals surface area contributed by atoms with Crippen LogP contribution in [0.3, 0.4) is 0 Å². The summed E-state index contributed by atoms with van der Waals surface area (Å²) in [5.74, 6) is 0.418. The molecule has 2 aromatic rings. The second kappa shape index (κ2) is 5.79. The summed E-state index contributed by atoms with van der Waals surface area (Å²) >= 11 is 1.55. The summed E-state index contributed by atoms with van der Waals surface area (Å²) in [6.45, 7) is 1.98. The van der Waals surface area contributed by atoms with E-state index in [0.29, 0.717) is 11.4 Å². The summed E-state index contributed by atoms with van der Waals surface area (Å²) in [5, 5.41) is 0.0307. The van der Waals surface area contributed by atoms with E-state index in [-0.39, 0.29) is 11.0 Å². The average molecular weight is 278 g/mol. The smallest absolute Gasteiger partial charge is 0.373 e. The first-order valence-electron chi connectivity index (χ1n) is 5.66. The second-order valence-electron chi connectivity index (χ2n) is 3.87. The topological polar surface area (TPSA) is 78.3 Å². The fourth-order valence-corrected chi connectivity index (χ4v) is 2.48. The van der Waals surface area contributed by atoms with Gasteiger partial charge in [-0.05, 0) is 25.1 Å². The van der Waals surface area contributed by atoms with Gasteiger partial charge in [0.15, 0.2) is 0 Å². The van der Waals surface area contributed by atoms with Crippen molar-refractivity contribution >= 4 is 23.4 Å². The molecule has 0 fully saturated rings. The molecule has 0 spiro atoms. The third-order valence-corrected chi connectivity index (χ3v) is 3.74. The van der Waals surface area contributed by atoms with Crippen LogP contribution in [0.25, 0.3) is 0 Å². The lowest BCUT2D eigenvalue weighted by Crippen LogP contribution is -1.98. The van der Waals surface area contributed by atoms with Gasteiger partial charge in [0.05, 0.1) is 24.2 Å². The van der Waals surface area contributed by atoms with Gasteiger partial charge in [0.25, 0.3) is 0 Å². The van der Waals surface area contributed by atoms with E-state index in [1.807, 2.05) is 13.0 Å². The molecule has 100 valence electrons. The number of ether oxygens (including phenoxy) is 1. The van der Waals surface area contributed by atoms with Crippen molar-refractivity contribution in [1.82, 2.24) is 4.98 Å². The predicted octanol–water partition coefficient (Wildman–Crippen LogP) is 2.90. The molecule has 1 unspecified atom stereocenters. The van der Waals surface area contributed by atoms with Crippen molar-refractivity contribution in [3.05, 3.63) is 42.1 Å². The number of esters is 1. The van der Waals surface area contributed by atoms with Crippen molar-refractivity contribution in [2.24, 2.45) is 0 Å². The predicted molar refractivity (Wildman–Crippen MR) is 73.0 cm³/mol. The standard InChI is InChI=1S/C13H14N2O3S/c1-8(19-12-5-6-15-7-9(12)14)10-3-4-11(18-10)13(16)17-2/h3-8H,14H2,1-2H3. The fraction of sp³-hybridized carbons (Fsp3) is 0.231. The van der Waals surface area contributed by atoms with Gasteiger partial charge in [0.2, 0.25) is 5.76 Å². The molecule has 2 aromatic heterocycles. The number of hydrogen-bond donors (Lipinski definition) is 1. The van der Waals surface area contributed by atoms with E-state index < -0.39 is 5.97 Å². The van der Waals surface area contributed by atoms with Crippen LogP contribution in [0, 0.1) is 0 Å². The summed E-state index contributed by atoms with van der Waals surface area (Å²) < 4.78 is 10.1. The fourth-order valence-electron chi connectivity index (χ4n) is 1.53. The van der Waals surface area contributed by atoms with Crippen LogP contribution in [0.2, 0.25) is 0 Å². The van der Waals surface area contributed by atoms with Crippen molar-refractivity contribution in [3.8, 4) is 0 Å². The molecule has 0 aliphatic rings. The van der Waals surface area contributed by atoms with Gasteiger partial charge in [-0.2, -0.15) is 0 Å². The molecule has 1 atom stereocenters. The number of carbonyl (C=O) groups excluding carboxylic acids is 1. The zero-order valence-corrected chi connectivity index (χ0v) is 11.4. The Morgan fingerprint density at radius 1 is 1.47 bits per heavy atom. The maximum Gasteiger partial charge on any atom is 0.373 e. The van der Waals surface area contributed by atoms with Crippen LogP contribution in [0.15, 0.2) is 39.9 Å². The van der Waals surface area contributed by atoms with Crippen LogP contribution in [0.1, 0.15) is 28.5 Å². The highest BCUT2D eigenvalue weighted by atomic mass is 32.2. The number of nitrogen functional groups attached to an aromatic ring is 1. The molecule has 0 aliphatic heterocycles. The molecule has 0 bridgehead atoms. The SMILES string of the molecule is COC(=O)c1ccc(C(C)Sc2ccncc2N)o1. The Balaban J connectivity index is 2.12. The minimum absolute atomic E-state index is 0.0307. The third-order valence-electron chi connectivity index (χ3n) is 2.53. The van der Waals surface area contributed by atoms with E-state index >= 15 is 0 Å². The van der Waals surface area contributed by atoms with Crippen molar-refractivity contribution < 1.29 is 13.9 Å². The number of pyridine rings is 1. The molecule has 0 radical (unpaired) electrons. The number of nitrogens with two attached hydrogens (primary N) is 1. The Hall–Kier alpha value is -1.95. The van der Waals surface area contributed by atoms with Crippen LogP contribution in [-0.4, -0.2) is 18.1 Å². The number of nitrogens with zero attached hydrogens (tertiary/aromatic N) is 1. The molecule has 0 saturated heterocycles. The maximum absolute atomic E-state index is 11.3.